The van der Waals surface area contributed by atoms with Crippen molar-refractivity contribution in [3.8, 4) is 11.3 Å². The Morgan fingerprint density at radius 3 is 2.71 bits per heavy atom. The summed E-state index contributed by atoms with van der Waals surface area (Å²) in [6.07, 6.45) is 0. The van der Waals surface area contributed by atoms with Gasteiger partial charge in [0.05, 0.1) is 11.7 Å². The number of nitrogen functional groups attached to an aromatic ring is 1. The van der Waals surface area contributed by atoms with Gasteiger partial charge in [-0.05, 0) is 18.2 Å². The van der Waals surface area contributed by atoms with Gasteiger partial charge in [0.1, 0.15) is 11.5 Å². The predicted octanol–water partition coefficient (Wildman–Crippen LogP) is 2.58. The molecule has 0 atom stereocenters. The number of hydrogen-bond acceptors (Lipinski definition) is 4. The molecule has 0 saturated heterocycles. The zero-order valence-corrected chi connectivity index (χ0v) is 8.44. The fraction of sp³-hybridized carbons (Fsp3) is 0. The molecule has 0 aliphatic carbocycles. The maximum atomic E-state index is 13.4. The smallest absolute Gasteiger partial charge is 0.165 e. The molecule has 14 heavy (non-hydrogen) atoms. The van der Waals surface area contributed by atoms with Crippen LogP contribution in [0, 0.1) is 5.82 Å². The summed E-state index contributed by atoms with van der Waals surface area (Å²) in [4.78, 5) is 0. The van der Waals surface area contributed by atoms with Gasteiger partial charge in [-0.3, -0.25) is 0 Å². The first-order chi connectivity index (χ1) is 6.68. The Labute approximate surface area is 88.7 Å². The lowest BCUT2D eigenvalue weighted by molar-refractivity contribution is 0.631. The molecule has 2 N–H and O–H groups in total. The highest BCUT2D eigenvalue weighted by Crippen LogP contribution is 2.27. The van der Waals surface area contributed by atoms with Crippen molar-refractivity contribution in [2.45, 2.75) is 0 Å². The summed E-state index contributed by atoms with van der Waals surface area (Å²) in [7, 11) is 0. The third-order valence-corrected chi connectivity index (χ3v) is 2.48. The second kappa shape index (κ2) is 3.51. The van der Waals surface area contributed by atoms with Crippen molar-refractivity contribution in [3.63, 3.8) is 0 Å². The van der Waals surface area contributed by atoms with Gasteiger partial charge in [0.15, 0.2) is 5.82 Å². The van der Waals surface area contributed by atoms with Crippen LogP contribution in [0.5, 0.6) is 0 Å². The quantitative estimate of drug-likeness (QED) is 0.818. The van der Waals surface area contributed by atoms with Crippen molar-refractivity contribution < 1.29 is 4.39 Å². The average Bonchev–Trinajstić information content (AvgIpc) is 2.52. The first-order valence-corrected chi connectivity index (χ1v) is 4.83. The second-order valence-electron chi connectivity index (χ2n) is 2.62. The molecule has 0 unspecified atom stereocenters. The molecule has 3 nitrogen and oxygen atoms in total. The number of benzene rings is 1. The number of nitrogens with zero attached hydrogens (tertiary/aromatic N) is 2. The van der Waals surface area contributed by atoms with E-state index in [1.165, 1.54) is 12.1 Å². The predicted molar refractivity (Wildman–Crippen MR) is 54.7 cm³/mol. The Bertz CT molecular complexity index is 471. The summed E-state index contributed by atoms with van der Waals surface area (Å²) in [6, 6.07) is 4.33. The van der Waals surface area contributed by atoms with E-state index in [4.69, 9.17) is 17.3 Å². The van der Waals surface area contributed by atoms with Crippen molar-refractivity contribution in [1.29, 1.82) is 0 Å². The first-order valence-electron chi connectivity index (χ1n) is 3.72. The van der Waals surface area contributed by atoms with E-state index in [9.17, 15) is 4.39 Å². The molecule has 2 rings (SSSR count). The van der Waals surface area contributed by atoms with Crippen LogP contribution in [0.3, 0.4) is 0 Å². The maximum absolute atomic E-state index is 13.4. The Hall–Kier alpha value is -1.20. The largest absolute Gasteiger partial charge is 0.381 e. The van der Waals surface area contributed by atoms with Gasteiger partial charge < -0.3 is 5.73 Å². The molecule has 2 aromatic rings. The van der Waals surface area contributed by atoms with Crippen LogP contribution in [0.1, 0.15) is 0 Å². The van der Waals surface area contributed by atoms with Gasteiger partial charge in [-0.15, -0.1) is 0 Å². The van der Waals surface area contributed by atoms with Gasteiger partial charge in [0.25, 0.3) is 0 Å². The third kappa shape index (κ3) is 1.56. The molecule has 0 spiro atoms. The Balaban J connectivity index is 2.58. The van der Waals surface area contributed by atoms with Gasteiger partial charge in [0, 0.05) is 10.6 Å². The zero-order chi connectivity index (χ0) is 10.1. The number of nitrogens with two attached hydrogens (primary N) is 1. The van der Waals surface area contributed by atoms with Crippen molar-refractivity contribution in [2.75, 3.05) is 5.73 Å². The van der Waals surface area contributed by atoms with Crippen LogP contribution in [0.25, 0.3) is 11.3 Å². The minimum atomic E-state index is -0.447. The zero-order valence-electron chi connectivity index (χ0n) is 6.87. The van der Waals surface area contributed by atoms with E-state index in [1.807, 2.05) is 0 Å². The van der Waals surface area contributed by atoms with E-state index in [0.717, 1.165) is 11.7 Å². The second-order valence-corrected chi connectivity index (χ2v) is 3.59. The van der Waals surface area contributed by atoms with Crippen molar-refractivity contribution in [2.24, 2.45) is 0 Å². The van der Waals surface area contributed by atoms with Crippen LogP contribution in [0.15, 0.2) is 18.2 Å². The molecule has 0 saturated carbocycles. The lowest BCUT2D eigenvalue weighted by Gasteiger charge is -1.99. The van der Waals surface area contributed by atoms with E-state index >= 15 is 0 Å². The molecule has 0 radical (unpaired) electrons. The maximum Gasteiger partial charge on any atom is 0.165 e. The monoisotopic (exact) mass is 229 g/mol. The molecule has 72 valence electrons. The molecular formula is C8H5ClFN3S. The summed E-state index contributed by atoms with van der Waals surface area (Å²) in [5.41, 5.74) is 6.20. The fourth-order valence-corrected chi connectivity index (χ4v) is 1.71. The normalized spacial score (nSPS) is 10.4. The van der Waals surface area contributed by atoms with Crippen LogP contribution in [-0.4, -0.2) is 8.75 Å². The summed E-state index contributed by atoms with van der Waals surface area (Å²) < 4.78 is 21.1. The number of anilines is 1. The van der Waals surface area contributed by atoms with Crippen molar-refractivity contribution >= 4 is 29.1 Å². The summed E-state index contributed by atoms with van der Waals surface area (Å²) in [5.74, 6) is -0.215. The van der Waals surface area contributed by atoms with Crippen molar-refractivity contribution in [3.05, 3.63) is 29.0 Å². The lowest BCUT2D eigenvalue weighted by atomic mass is 10.1. The van der Waals surface area contributed by atoms with Gasteiger partial charge in [-0.1, -0.05) is 11.6 Å². The highest BCUT2D eigenvalue weighted by molar-refractivity contribution is 6.99. The van der Waals surface area contributed by atoms with E-state index in [2.05, 4.69) is 8.75 Å². The number of halogens is 2. The molecule has 1 aromatic heterocycles. The number of hydrogen-bond donors (Lipinski definition) is 1. The minimum absolute atomic E-state index is 0.233. The highest BCUT2D eigenvalue weighted by atomic mass is 35.5. The Morgan fingerprint density at radius 2 is 2.14 bits per heavy atom. The Morgan fingerprint density at radius 1 is 1.36 bits per heavy atom. The SMILES string of the molecule is Nc1nsnc1-c1ccc(Cl)cc1F. The van der Waals surface area contributed by atoms with Crippen LogP contribution in [-0.2, 0) is 0 Å². The van der Waals surface area contributed by atoms with E-state index < -0.39 is 5.82 Å². The van der Waals surface area contributed by atoms with Gasteiger partial charge in [0.2, 0.25) is 0 Å². The van der Waals surface area contributed by atoms with E-state index in [0.29, 0.717) is 16.3 Å². The van der Waals surface area contributed by atoms with Gasteiger partial charge in [-0.2, -0.15) is 8.75 Å². The Kier molecular flexibility index (Phi) is 2.35. The van der Waals surface area contributed by atoms with Crippen LogP contribution in [0.4, 0.5) is 10.2 Å². The average molecular weight is 230 g/mol. The highest BCUT2D eigenvalue weighted by Gasteiger charge is 2.12. The minimum Gasteiger partial charge on any atom is -0.381 e. The standard InChI is InChI=1S/C8H5ClFN3S/c9-4-1-2-5(6(10)3-4)7-8(11)13-14-12-7/h1-3H,(H2,11,13). The van der Waals surface area contributed by atoms with Crippen LogP contribution >= 0.6 is 23.3 Å². The number of rotatable bonds is 1. The molecule has 6 heteroatoms. The molecule has 0 bridgehead atoms. The molecule has 1 aromatic carbocycles. The summed E-state index contributed by atoms with van der Waals surface area (Å²) in [5, 5.41) is 0.341. The van der Waals surface area contributed by atoms with Gasteiger partial charge >= 0.3 is 0 Å². The molecule has 1 heterocycles. The molecular weight excluding hydrogens is 225 g/mol. The summed E-state index contributed by atoms with van der Waals surface area (Å²) in [6.45, 7) is 0. The summed E-state index contributed by atoms with van der Waals surface area (Å²) >= 11 is 6.56. The molecule has 0 aliphatic heterocycles. The number of aromatic nitrogens is 2. The van der Waals surface area contributed by atoms with Crippen molar-refractivity contribution in [1.82, 2.24) is 8.75 Å². The fourth-order valence-electron chi connectivity index (χ4n) is 1.06. The topological polar surface area (TPSA) is 51.8 Å². The van der Waals surface area contributed by atoms with E-state index in [1.54, 1.807) is 6.07 Å². The van der Waals surface area contributed by atoms with Crippen LogP contribution in [0.2, 0.25) is 5.02 Å². The molecule has 0 amide bonds. The van der Waals surface area contributed by atoms with E-state index in [-0.39, 0.29) is 5.82 Å². The van der Waals surface area contributed by atoms with Gasteiger partial charge in [-0.25, -0.2) is 4.39 Å². The van der Waals surface area contributed by atoms with Crippen LogP contribution < -0.4 is 5.73 Å². The molecule has 0 fully saturated rings. The lowest BCUT2D eigenvalue weighted by Crippen LogP contribution is -1.91. The third-order valence-electron chi connectivity index (χ3n) is 1.70. The molecule has 0 aliphatic rings. The first kappa shape index (κ1) is 9.36.